The monoisotopic (exact) mass is 262 g/mol. The summed E-state index contributed by atoms with van der Waals surface area (Å²) in [6.07, 6.45) is 3.59. The smallest absolute Gasteiger partial charge is 0.220 e. The van der Waals surface area contributed by atoms with Gasteiger partial charge in [0.2, 0.25) is 5.91 Å². The van der Waals surface area contributed by atoms with Crippen LogP contribution in [0.3, 0.4) is 0 Å². The van der Waals surface area contributed by atoms with Gasteiger partial charge in [-0.05, 0) is 26.4 Å². The highest BCUT2D eigenvalue weighted by Gasteiger charge is 2.20. The van der Waals surface area contributed by atoms with Gasteiger partial charge in [-0.15, -0.1) is 11.6 Å². The topological polar surface area (TPSA) is 32.3 Å². The summed E-state index contributed by atoms with van der Waals surface area (Å²) in [7, 11) is 4.15. The van der Waals surface area contributed by atoms with E-state index in [1.54, 1.807) is 0 Å². The predicted molar refractivity (Wildman–Crippen MR) is 74.5 cm³/mol. The van der Waals surface area contributed by atoms with Gasteiger partial charge < -0.3 is 10.2 Å². The number of rotatable bonds is 9. The fourth-order valence-corrected chi connectivity index (χ4v) is 2.27. The molecule has 3 nitrogen and oxygen atoms in total. The summed E-state index contributed by atoms with van der Waals surface area (Å²) in [6.45, 7) is 5.15. The maximum absolute atomic E-state index is 11.5. The Balaban J connectivity index is 4.13. The van der Waals surface area contributed by atoms with Crippen molar-refractivity contribution in [3.8, 4) is 0 Å². The number of amides is 1. The molecule has 0 spiro atoms. The van der Waals surface area contributed by atoms with E-state index in [9.17, 15) is 4.79 Å². The van der Waals surface area contributed by atoms with Crippen LogP contribution in [-0.2, 0) is 4.79 Å². The quantitative estimate of drug-likeness (QED) is 0.648. The van der Waals surface area contributed by atoms with Crippen LogP contribution in [0.1, 0.15) is 39.5 Å². The summed E-state index contributed by atoms with van der Waals surface area (Å²) in [6, 6.07) is 0.421. The predicted octanol–water partition coefficient (Wildman–Crippen LogP) is 2.49. The maximum atomic E-state index is 11.5. The second-order valence-corrected chi connectivity index (χ2v) is 5.08. The van der Waals surface area contributed by atoms with Gasteiger partial charge >= 0.3 is 0 Å². The van der Waals surface area contributed by atoms with Crippen LogP contribution in [0.25, 0.3) is 0 Å². The normalized spacial score (nSPS) is 13.1. The van der Waals surface area contributed by atoms with Crippen molar-refractivity contribution in [1.82, 2.24) is 10.2 Å². The van der Waals surface area contributed by atoms with E-state index >= 15 is 0 Å². The van der Waals surface area contributed by atoms with E-state index in [1.165, 1.54) is 0 Å². The Labute approximate surface area is 111 Å². The van der Waals surface area contributed by atoms with E-state index in [-0.39, 0.29) is 5.91 Å². The number of halogens is 1. The first-order valence-corrected chi connectivity index (χ1v) is 7.09. The van der Waals surface area contributed by atoms with Gasteiger partial charge in [-0.2, -0.15) is 0 Å². The van der Waals surface area contributed by atoms with E-state index < -0.39 is 0 Å². The van der Waals surface area contributed by atoms with Gasteiger partial charge in [-0.1, -0.05) is 26.7 Å². The number of alkyl halides is 1. The highest BCUT2D eigenvalue weighted by atomic mass is 35.5. The molecule has 0 fully saturated rings. The van der Waals surface area contributed by atoms with E-state index in [0.29, 0.717) is 24.3 Å². The van der Waals surface area contributed by atoms with Crippen LogP contribution >= 0.6 is 11.6 Å². The van der Waals surface area contributed by atoms with Crippen LogP contribution in [-0.4, -0.2) is 43.4 Å². The van der Waals surface area contributed by atoms with Crippen molar-refractivity contribution in [3.05, 3.63) is 0 Å². The van der Waals surface area contributed by atoms with Crippen LogP contribution in [0.2, 0.25) is 0 Å². The fourth-order valence-electron chi connectivity index (χ4n) is 2.14. The van der Waals surface area contributed by atoms with E-state index in [2.05, 4.69) is 38.2 Å². The Hall–Kier alpha value is -0.280. The standard InChI is InChI=1S/C13H27ClN2O/c1-5-11(6-2)12(16(3)4)10-15-13(17)8-7-9-14/h11-12H,5-10H2,1-4H3,(H,15,17). The van der Waals surface area contributed by atoms with E-state index in [4.69, 9.17) is 11.6 Å². The van der Waals surface area contributed by atoms with Crippen LogP contribution in [0.4, 0.5) is 0 Å². The van der Waals surface area contributed by atoms with Crippen molar-refractivity contribution < 1.29 is 4.79 Å². The largest absolute Gasteiger partial charge is 0.355 e. The molecule has 1 N–H and O–H groups in total. The Kier molecular flexibility index (Phi) is 9.56. The van der Waals surface area contributed by atoms with Gasteiger partial charge in [-0.3, -0.25) is 4.79 Å². The van der Waals surface area contributed by atoms with Crippen LogP contribution in [0, 0.1) is 5.92 Å². The van der Waals surface area contributed by atoms with Crippen LogP contribution in [0.5, 0.6) is 0 Å². The first-order valence-electron chi connectivity index (χ1n) is 6.55. The lowest BCUT2D eigenvalue weighted by Crippen LogP contribution is -2.44. The van der Waals surface area contributed by atoms with Crippen LogP contribution in [0.15, 0.2) is 0 Å². The summed E-state index contributed by atoms with van der Waals surface area (Å²) in [4.78, 5) is 13.7. The van der Waals surface area contributed by atoms with Crippen molar-refractivity contribution in [3.63, 3.8) is 0 Å². The second-order valence-electron chi connectivity index (χ2n) is 4.70. The second kappa shape index (κ2) is 9.72. The number of nitrogens with one attached hydrogen (secondary N) is 1. The number of likely N-dealkylation sites (N-methyl/N-ethyl adjacent to an activating group) is 1. The Morgan fingerprint density at radius 3 is 2.29 bits per heavy atom. The summed E-state index contributed by atoms with van der Waals surface area (Å²) in [5, 5.41) is 3.01. The van der Waals surface area contributed by atoms with Crippen molar-refractivity contribution in [1.29, 1.82) is 0 Å². The van der Waals surface area contributed by atoms with Gasteiger partial charge in [0.1, 0.15) is 0 Å². The van der Waals surface area contributed by atoms with Gasteiger partial charge in [0.25, 0.3) is 0 Å². The lowest BCUT2D eigenvalue weighted by Gasteiger charge is -2.31. The molecule has 0 rings (SSSR count). The van der Waals surface area contributed by atoms with Gasteiger partial charge in [0.05, 0.1) is 0 Å². The maximum Gasteiger partial charge on any atom is 0.220 e. The molecule has 1 amide bonds. The molecule has 0 aliphatic carbocycles. The molecule has 0 aromatic rings. The highest BCUT2D eigenvalue weighted by Crippen LogP contribution is 2.16. The summed E-state index contributed by atoms with van der Waals surface area (Å²) in [5.41, 5.74) is 0. The van der Waals surface area contributed by atoms with Gasteiger partial charge in [-0.25, -0.2) is 0 Å². The van der Waals surface area contributed by atoms with E-state index in [1.807, 2.05) is 0 Å². The Morgan fingerprint density at radius 2 is 1.88 bits per heavy atom. The molecule has 0 aromatic heterocycles. The average Bonchev–Trinajstić information content (AvgIpc) is 2.31. The number of carbonyl (C=O) groups excluding carboxylic acids is 1. The number of nitrogens with zero attached hydrogens (tertiary/aromatic N) is 1. The lowest BCUT2D eigenvalue weighted by molar-refractivity contribution is -0.121. The van der Waals surface area contributed by atoms with Crippen molar-refractivity contribution in [2.45, 2.75) is 45.6 Å². The zero-order valence-corrected chi connectivity index (χ0v) is 12.4. The minimum absolute atomic E-state index is 0.114. The molecule has 0 heterocycles. The number of carbonyl (C=O) groups is 1. The highest BCUT2D eigenvalue weighted by molar-refractivity contribution is 6.17. The first kappa shape index (κ1) is 16.7. The number of hydrogen-bond acceptors (Lipinski definition) is 2. The molecule has 102 valence electrons. The number of hydrogen-bond donors (Lipinski definition) is 1. The molecular formula is C13H27ClN2O. The first-order chi connectivity index (χ1) is 8.06. The van der Waals surface area contributed by atoms with Gasteiger partial charge in [0.15, 0.2) is 0 Å². The Bertz CT molecular complexity index is 206. The third-order valence-electron chi connectivity index (χ3n) is 3.30. The summed E-state index contributed by atoms with van der Waals surface area (Å²) >= 11 is 5.57. The molecule has 1 atom stereocenters. The summed E-state index contributed by atoms with van der Waals surface area (Å²) in [5.74, 6) is 1.30. The molecule has 0 saturated heterocycles. The third kappa shape index (κ3) is 6.89. The van der Waals surface area contributed by atoms with Crippen LogP contribution < -0.4 is 5.32 Å². The van der Waals surface area contributed by atoms with Crippen molar-refractivity contribution in [2.24, 2.45) is 5.92 Å². The lowest BCUT2D eigenvalue weighted by atomic mass is 9.93. The zero-order valence-electron chi connectivity index (χ0n) is 11.6. The third-order valence-corrected chi connectivity index (χ3v) is 3.57. The molecule has 0 aliphatic rings. The molecule has 0 aromatic carbocycles. The molecule has 1 unspecified atom stereocenters. The minimum atomic E-state index is 0.114. The van der Waals surface area contributed by atoms with E-state index in [0.717, 1.165) is 25.8 Å². The Morgan fingerprint density at radius 1 is 1.29 bits per heavy atom. The molecule has 4 heteroatoms. The van der Waals surface area contributed by atoms with Crippen molar-refractivity contribution in [2.75, 3.05) is 26.5 Å². The average molecular weight is 263 g/mol. The molecular weight excluding hydrogens is 236 g/mol. The molecule has 0 aliphatic heterocycles. The molecule has 17 heavy (non-hydrogen) atoms. The molecule has 0 bridgehead atoms. The van der Waals surface area contributed by atoms with Crippen molar-refractivity contribution >= 4 is 17.5 Å². The van der Waals surface area contributed by atoms with Gasteiger partial charge in [0, 0.05) is 24.9 Å². The molecule has 0 radical (unpaired) electrons. The minimum Gasteiger partial charge on any atom is -0.355 e. The SMILES string of the molecule is CCC(CC)C(CNC(=O)CCCCl)N(C)C. The zero-order chi connectivity index (χ0) is 13.3. The molecule has 0 saturated carbocycles. The fraction of sp³-hybridized carbons (Fsp3) is 0.923. The summed E-state index contributed by atoms with van der Waals surface area (Å²) < 4.78 is 0.